The van der Waals surface area contributed by atoms with Gasteiger partial charge in [-0.05, 0) is 77.4 Å². The predicted octanol–water partition coefficient (Wildman–Crippen LogP) is 5.48. The minimum absolute atomic E-state index is 0.0460. The van der Waals surface area contributed by atoms with Crippen LogP contribution >= 0.6 is 11.6 Å². The summed E-state index contributed by atoms with van der Waals surface area (Å²) >= 11 is 6.21. The van der Waals surface area contributed by atoms with Crippen LogP contribution in [0.5, 0.6) is 0 Å². The Kier molecular flexibility index (Phi) is 9.46. The van der Waals surface area contributed by atoms with Crippen LogP contribution < -0.4 is 9.62 Å². The molecule has 1 N–H and O–H groups in total. The zero-order chi connectivity index (χ0) is 29.0. The van der Waals surface area contributed by atoms with Gasteiger partial charge < -0.3 is 10.2 Å². The number of aryl methyl sites for hydroxylation is 2. The molecular weight excluding hydrogens is 534 g/mol. The SMILES string of the molecule is Cc1ccc(S(=O)(=O)N(CC(=O)N(Cc2cccc(C)c2)[C@@H](C)C(=O)NC(C)(C)C)c2cccc(Cl)c2)cc1. The number of carbonyl (C=O) groups is 2. The molecule has 0 radical (unpaired) electrons. The van der Waals surface area contributed by atoms with E-state index in [1.165, 1.54) is 23.1 Å². The lowest BCUT2D eigenvalue weighted by Crippen LogP contribution is -2.54. The molecule has 0 unspecified atom stereocenters. The molecule has 0 aromatic heterocycles. The van der Waals surface area contributed by atoms with Gasteiger partial charge in [-0.15, -0.1) is 0 Å². The van der Waals surface area contributed by atoms with Crippen LogP contribution in [0.2, 0.25) is 5.02 Å². The van der Waals surface area contributed by atoms with Crippen LogP contribution in [0.25, 0.3) is 0 Å². The molecule has 0 aliphatic rings. The molecule has 7 nitrogen and oxygen atoms in total. The molecule has 0 spiro atoms. The van der Waals surface area contributed by atoms with Gasteiger partial charge in [0.2, 0.25) is 11.8 Å². The van der Waals surface area contributed by atoms with E-state index in [0.29, 0.717) is 5.02 Å². The van der Waals surface area contributed by atoms with Crippen LogP contribution in [0.4, 0.5) is 5.69 Å². The van der Waals surface area contributed by atoms with Crippen molar-refractivity contribution in [1.29, 1.82) is 0 Å². The maximum atomic E-state index is 14.0. The summed E-state index contributed by atoms with van der Waals surface area (Å²) in [5.74, 6) is -0.858. The lowest BCUT2D eigenvalue weighted by Gasteiger charge is -2.33. The highest BCUT2D eigenvalue weighted by Gasteiger charge is 2.33. The highest BCUT2D eigenvalue weighted by atomic mass is 35.5. The summed E-state index contributed by atoms with van der Waals surface area (Å²) in [5.41, 5.74) is 2.48. The van der Waals surface area contributed by atoms with E-state index in [1.807, 2.05) is 58.9 Å². The van der Waals surface area contributed by atoms with Crippen molar-refractivity contribution >= 4 is 39.1 Å². The first-order chi connectivity index (χ1) is 18.2. The quantitative estimate of drug-likeness (QED) is 0.369. The van der Waals surface area contributed by atoms with Crippen LogP contribution in [-0.4, -0.2) is 43.3 Å². The first-order valence-corrected chi connectivity index (χ1v) is 14.5. The molecule has 0 bridgehead atoms. The summed E-state index contributed by atoms with van der Waals surface area (Å²) in [6, 6.07) is 19.6. The third-order valence-corrected chi connectivity index (χ3v) is 8.11. The van der Waals surface area contributed by atoms with Crippen LogP contribution in [-0.2, 0) is 26.2 Å². The number of carbonyl (C=O) groups excluding carboxylic acids is 2. The molecule has 0 aliphatic carbocycles. The van der Waals surface area contributed by atoms with Gasteiger partial charge in [0.15, 0.2) is 0 Å². The zero-order valence-electron chi connectivity index (χ0n) is 23.2. The molecule has 0 aliphatic heterocycles. The summed E-state index contributed by atoms with van der Waals surface area (Å²) in [6.07, 6.45) is 0. The van der Waals surface area contributed by atoms with Gasteiger partial charge in [-0.3, -0.25) is 13.9 Å². The molecule has 2 amide bonds. The lowest BCUT2D eigenvalue weighted by molar-refractivity contribution is -0.140. The standard InChI is InChI=1S/C30H36ClN3O4S/c1-21-13-15-27(16-14-21)39(37,38)34(26-12-8-11-25(31)18-26)20-28(35)33(19-24-10-7-9-22(2)17-24)23(3)29(36)32-30(4,5)6/h7-18,23H,19-20H2,1-6H3,(H,32,36)/t23-/m0/s1. The normalized spacial score (nSPS) is 12.5. The van der Waals surface area contributed by atoms with E-state index in [4.69, 9.17) is 11.6 Å². The summed E-state index contributed by atoms with van der Waals surface area (Å²) in [7, 11) is -4.14. The largest absolute Gasteiger partial charge is 0.350 e. The van der Waals surface area contributed by atoms with Gasteiger partial charge in [0, 0.05) is 17.1 Å². The van der Waals surface area contributed by atoms with Crippen molar-refractivity contribution in [1.82, 2.24) is 10.2 Å². The van der Waals surface area contributed by atoms with Crippen LogP contribution in [0.15, 0.2) is 77.7 Å². The number of nitrogens with zero attached hydrogens (tertiary/aromatic N) is 2. The predicted molar refractivity (Wildman–Crippen MR) is 156 cm³/mol. The van der Waals surface area contributed by atoms with E-state index in [2.05, 4.69) is 5.32 Å². The first kappa shape index (κ1) is 30.2. The van der Waals surface area contributed by atoms with Crippen LogP contribution in [0, 0.1) is 13.8 Å². The van der Waals surface area contributed by atoms with Gasteiger partial charge in [0.25, 0.3) is 10.0 Å². The van der Waals surface area contributed by atoms with Crippen LogP contribution in [0.1, 0.15) is 44.4 Å². The Labute approximate surface area is 236 Å². The molecule has 0 saturated carbocycles. The number of hydrogen-bond acceptors (Lipinski definition) is 4. The van der Waals surface area contributed by atoms with E-state index >= 15 is 0 Å². The lowest BCUT2D eigenvalue weighted by atomic mass is 10.1. The number of benzene rings is 3. The maximum absolute atomic E-state index is 14.0. The number of hydrogen-bond donors (Lipinski definition) is 1. The fraction of sp³-hybridized carbons (Fsp3) is 0.333. The number of nitrogens with one attached hydrogen (secondary N) is 1. The van der Waals surface area contributed by atoms with Crippen molar-refractivity contribution in [2.24, 2.45) is 0 Å². The van der Waals surface area contributed by atoms with Crippen molar-refractivity contribution in [2.75, 3.05) is 10.8 Å². The van der Waals surface area contributed by atoms with Gasteiger partial charge in [0.1, 0.15) is 12.6 Å². The third-order valence-electron chi connectivity index (χ3n) is 6.08. The van der Waals surface area contributed by atoms with E-state index in [1.54, 1.807) is 37.3 Å². The number of anilines is 1. The Bertz CT molecular complexity index is 1430. The fourth-order valence-electron chi connectivity index (χ4n) is 4.06. The fourth-order valence-corrected chi connectivity index (χ4v) is 5.65. The van der Waals surface area contributed by atoms with E-state index in [9.17, 15) is 18.0 Å². The van der Waals surface area contributed by atoms with Crippen LogP contribution in [0.3, 0.4) is 0 Å². The van der Waals surface area contributed by atoms with Crippen molar-refractivity contribution in [2.45, 2.75) is 64.6 Å². The number of sulfonamides is 1. The van der Waals surface area contributed by atoms with Crippen molar-refractivity contribution < 1.29 is 18.0 Å². The third kappa shape index (κ3) is 8.07. The van der Waals surface area contributed by atoms with Gasteiger partial charge in [-0.2, -0.15) is 0 Å². The minimum atomic E-state index is -4.14. The van der Waals surface area contributed by atoms with Gasteiger partial charge >= 0.3 is 0 Å². The maximum Gasteiger partial charge on any atom is 0.264 e. The second-order valence-electron chi connectivity index (χ2n) is 10.7. The van der Waals surface area contributed by atoms with E-state index in [0.717, 1.165) is 21.0 Å². The number of rotatable bonds is 9. The molecule has 0 saturated heterocycles. The van der Waals surface area contributed by atoms with Gasteiger partial charge in [-0.25, -0.2) is 8.42 Å². The number of halogens is 1. The van der Waals surface area contributed by atoms with Gasteiger partial charge in [-0.1, -0.05) is 65.2 Å². The first-order valence-electron chi connectivity index (χ1n) is 12.7. The number of amides is 2. The molecule has 3 rings (SSSR count). The minimum Gasteiger partial charge on any atom is -0.350 e. The molecule has 3 aromatic rings. The van der Waals surface area contributed by atoms with Gasteiger partial charge in [0.05, 0.1) is 10.6 Å². The molecule has 9 heteroatoms. The highest BCUT2D eigenvalue weighted by molar-refractivity contribution is 7.92. The molecule has 0 fully saturated rings. The Balaban J connectivity index is 2.04. The monoisotopic (exact) mass is 569 g/mol. The Morgan fingerprint density at radius 3 is 2.15 bits per heavy atom. The average molecular weight is 570 g/mol. The Morgan fingerprint density at radius 1 is 0.923 bits per heavy atom. The molecule has 0 heterocycles. The second-order valence-corrected chi connectivity index (χ2v) is 13.0. The summed E-state index contributed by atoms with van der Waals surface area (Å²) < 4.78 is 28.7. The topological polar surface area (TPSA) is 86.8 Å². The second kappa shape index (κ2) is 12.2. The van der Waals surface area contributed by atoms with Crippen molar-refractivity contribution in [3.63, 3.8) is 0 Å². The highest BCUT2D eigenvalue weighted by Crippen LogP contribution is 2.27. The molecule has 39 heavy (non-hydrogen) atoms. The average Bonchev–Trinajstić information content (AvgIpc) is 2.84. The Hall–Kier alpha value is -3.36. The van der Waals surface area contributed by atoms with E-state index < -0.39 is 34.1 Å². The molecule has 208 valence electrons. The Morgan fingerprint density at radius 2 is 1.56 bits per heavy atom. The van der Waals surface area contributed by atoms with Crippen molar-refractivity contribution in [3.05, 3.63) is 94.5 Å². The smallest absolute Gasteiger partial charge is 0.264 e. The molecule has 3 aromatic carbocycles. The zero-order valence-corrected chi connectivity index (χ0v) is 24.8. The molecule has 1 atom stereocenters. The molecular formula is C30H36ClN3O4S. The summed E-state index contributed by atoms with van der Waals surface area (Å²) in [6.45, 7) is 10.6. The summed E-state index contributed by atoms with van der Waals surface area (Å²) in [5, 5.41) is 3.26. The summed E-state index contributed by atoms with van der Waals surface area (Å²) in [4.78, 5) is 28.6. The van der Waals surface area contributed by atoms with Crippen molar-refractivity contribution in [3.8, 4) is 0 Å². The van der Waals surface area contributed by atoms with E-state index in [-0.39, 0.29) is 23.0 Å².